The summed E-state index contributed by atoms with van der Waals surface area (Å²) < 4.78 is 0. The van der Waals surface area contributed by atoms with Gasteiger partial charge < -0.3 is 27.2 Å². The summed E-state index contributed by atoms with van der Waals surface area (Å²) in [4.78, 5) is 44.6. The van der Waals surface area contributed by atoms with Crippen molar-refractivity contribution in [1.29, 1.82) is 0 Å². The quantitative estimate of drug-likeness (QED) is 0.265. The number of carbonyl (C=O) groups excluding carboxylic acids is 3. The second kappa shape index (κ2) is 8.38. The Morgan fingerprint density at radius 3 is 2.15 bits per heavy atom. The minimum atomic E-state index is -1.45. The zero-order valence-corrected chi connectivity index (χ0v) is 11.7. The monoisotopic (exact) mass is 306 g/mol. The molecular weight excluding hydrogens is 288 g/mol. The molecule has 0 aromatic carbocycles. The van der Waals surface area contributed by atoms with E-state index < -0.39 is 48.2 Å². The molecule has 9 nitrogen and oxygen atoms in total. The van der Waals surface area contributed by atoms with Gasteiger partial charge in [0, 0.05) is 5.75 Å². The number of nitrogens with two attached hydrogens (primary N) is 2. The van der Waals surface area contributed by atoms with Crippen LogP contribution in [0.15, 0.2) is 0 Å². The maximum atomic E-state index is 11.7. The topological polar surface area (TPSA) is 165 Å². The van der Waals surface area contributed by atoms with Crippen molar-refractivity contribution in [2.45, 2.75) is 31.5 Å². The van der Waals surface area contributed by atoms with Crippen molar-refractivity contribution in [3.63, 3.8) is 0 Å². The Morgan fingerprint density at radius 2 is 1.75 bits per heavy atom. The number of aliphatic carboxylic acids is 1. The molecule has 0 spiro atoms. The Balaban J connectivity index is 4.53. The van der Waals surface area contributed by atoms with E-state index in [1.165, 1.54) is 6.92 Å². The van der Waals surface area contributed by atoms with E-state index in [4.69, 9.17) is 16.6 Å². The van der Waals surface area contributed by atoms with Crippen LogP contribution in [0.25, 0.3) is 0 Å². The highest BCUT2D eigenvalue weighted by molar-refractivity contribution is 7.80. The first-order valence-electron chi connectivity index (χ1n) is 5.67. The van der Waals surface area contributed by atoms with Crippen molar-refractivity contribution in [2.75, 3.05) is 5.75 Å². The van der Waals surface area contributed by atoms with Crippen LogP contribution in [0, 0.1) is 0 Å². The molecule has 0 aromatic rings. The minimum absolute atomic E-state index is 0.0968. The lowest BCUT2D eigenvalue weighted by atomic mass is 10.2. The molecule has 0 saturated carbocycles. The van der Waals surface area contributed by atoms with Gasteiger partial charge in [-0.1, -0.05) is 0 Å². The number of carboxylic acids is 1. The molecule has 3 atom stereocenters. The molecule has 0 heterocycles. The lowest BCUT2D eigenvalue weighted by Crippen LogP contribution is -2.54. The summed E-state index contributed by atoms with van der Waals surface area (Å²) >= 11 is 3.83. The third kappa shape index (κ3) is 6.38. The first-order chi connectivity index (χ1) is 9.18. The second-order valence-corrected chi connectivity index (χ2v) is 4.45. The summed E-state index contributed by atoms with van der Waals surface area (Å²) in [6, 6.07) is -3.34. The zero-order chi connectivity index (χ0) is 15.9. The molecule has 0 aliphatic rings. The molecule has 0 fully saturated rings. The summed E-state index contributed by atoms with van der Waals surface area (Å²) in [5.74, 6) is -3.53. The molecule has 0 saturated heterocycles. The van der Waals surface area contributed by atoms with E-state index >= 15 is 0 Å². The van der Waals surface area contributed by atoms with E-state index in [-0.39, 0.29) is 5.75 Å². The van der Waals surface area contributed by atoms with Crippen molar-refractivity contribution in [3.8, 4) is 0 Å². The fourth-order valence-corrected chi connectivity index (χ4v) is 1.33. The van der Waals surface area contributed by atoms with E-state index in [1.54, 1.807) is 0 Å². The maximum Gasteiger partial charge on any atom is 0.326 e. The highest BCUT2D eigenvalue weighted by Crippen LogP contribution is 1.94. The van der Waals surface area contributed by atoms with Gasteiger partial charge in [0.05, 0.1) is 12.5 Å². The molecule has 0 aromatic heterocycles. The number of carboxylic acid groups (broad SMARTS) is 1. The summed E-state index contributed by atoms with van der Waals surface area (Å²) in [5, 5.41) is 13.2. The third-order valence-corrected chi connectivity index (χ3v) is 2.70. The number of amides is 3. The lowest BCUT2D eigenvalue weighted by molar-refractivity contribution is -0.143. The van der Waals surface area contributed by atoms with Gasteiger partial charge in [-0.3, -0.25) is 14.4 Å². The number of thiol groups is 1. The van der Waals surface area contributed by atoms with Gasteiger partial charge in [0.15, 0.2) is 0 Å². The number of hydrogen-bond donors (Lipinski definition) is 6. The molecule has 20 heavy (non-hydrogen) atoms. The van der Waals surface area contributed by atoms with Crippen LogP contribution in [-0.2, 0) is 19.2 Å². The van der Waals surface area contributed by atoms with Gasteiger partial charge in [0.1, 0.15) is 12.1 Å². The number of hydrogen-bond acceptors (Lipinski definition) is 6. The Hall–Kier alpha value is -1.81. The third-order valence-electron chi connectivity index (χ3n) is 2.31. The van der Waals surface area contributed by atoms with Gasteiger partial charge in [-0.15, -0.1) is 0 Å². The predicted octanol–water partition coefficient (Wildman–Crippen LogP) is -2.81. The van der Waals surface area contributed by atoms with Crippen molar-refractivity contribution in [1.82, 2.24) is 10.6 Å². The van der Waals surface area contributed by atoms with E-state index in [9.17, 15) is 19.2 Å². The van der Waals surface area contributed by atoms with Crippen LogP contribution in [-0.4, -0.2) is 52.7 Å². The van der Waals surface area contributed by atoms with Gasteiger partial charge in [0.25, 0.3) is 0 Å². The highest BCUT2D eigenvalue weighted by Gasteiger charge is 2.26. The van der Waals surface area contributed by atoms with Gasteiger partial charge in [-0.25, -0.2) is 4.79 Å². The summed E-state index contributed by atoms with van der Waals surface area (Å²) in [7, 11) is 0. The molecule has 0 aliphatic carbocycles. The second-order valence-electron chi connectivity index (χ2n) is 4.09. The molecule has 7 N–H and O–H groups in total. The summed E-state index contributed by atoms with van der Waals surface area (Å²) in [6.07, 6.45) is -0.544. The average Bonchev–Trinajstić information content (AvgIpc) is 2.35. The van der Waals surface area contributed by atoms with Crippen LogP contribution in [0.4, 0.5) is 0 Å². The lowest BCUT2D eigenvalue weighted by Gasteiger charge is -2.19. The van der Waals surface area contributed by atoms with E-state index in [1.807, 2.05) is 0 Å². The SMILES string of the molecule is C[C@@H](NC(=O)[C@@H](N)CS)C(=O)N[C@@H](CC(N)=O)C(=O)O. The first kappa shape index (κ1) is 18.2. The van der Waals surface area contributed by atoms with Crippen LogP contribution < -0.4 is 22.1 Å². The Labute approximate surface area is 120 Å². The van der Waals surface area contributed by atoms with E-state index in [0.29, 0.717) is 0 Å². The molecule has 114 valence electrons. The summed E-state index contributed by atoms with van der Waals surface area (Å²) in [6.45, 7) is 1.35. The number of nitrogens with one attached hydrogen (secondary N) is 2. The van der Waals surface area contributed by atoms with Crippen molar-refractivity contribution < 1.29 is 24.3 Å². The summed E-state index contributed by atoms with van der Waals surface area (Å²) in [5.41, 5.74) is 10.3. The van der Waals surface area contributed by atoms with Crippen molar-refractivity contribution in [3.05, 3.63) is 0 Å². The van der Waals surface area contributed by atoms with Crippen LogP contribution >= 0.6 is 12.6 Å². The minimum Gasteiger partial charge on any atom is -0.480 e. The van der Waals surface area contributed by atoms with Gasteiger partial charge in [-0.05, 0) is 6.92 Å². The van der Waals surface area contributed by atoms with Gasteiger partial charge in [-0.2, -0.15) is 12.6 Å². The zero-order valence-electron chi connectivity index (χ0n) is 10.8. The molecule has 0 bridgehead atoms. The highest BCUT2D eigenvalue weighted by atomic mass is 32.1. The Kier molecular flexibility index (Phi) is 7.62. The molecule has 10 heteroatoms. The van der Waals surface area contributed by atoms with Gasteiger partial charge in [0.2, 0.25) is 17.7 Å². The van der Waals surface area contributed by atoms with Crippen LogP contribution in [0.3, 0.4) is 0 Å². The molecule has 3 amide bonds. The van der Waals surface area contributed by atoms with Gasteiger partial charge >= 0.3 is 5.97 Å². The molecule has 0 radical (unpaired) electrons. The Bertz CT molecular complexity index is 403. The number of primary amides is 1. The molecule has 0 rings (SSSR count). The van der Waals surface area contributed by atoms with E-state index in [2.05, 4.69) is 23.3 Å². The Morgan fingerprint density at radius 1 is 1.20 bits per heavy atom. The fourth-order valence-electron chi connectivity index (χ4n) is 1.17. The standard InChI is InChI=1S/C10H18N4O5S/c1-4(13-9(17)5(11)3-20)8(16)14-6(10(18)19)2-7(12)15/h4-6,20H,2-3,11H2,1H3,(H2,12,15)(H,13,17)(H,14,16)(H,18,19)/t4-,5+,6+/m1/s1. The van der Waals surface area contributed by atoms with Crippen LogP contribution in [0.2, 0.25) is 0 Å². The average molecular weight is 306 g/mol. The largest absolute Gasteiger partial charge is 0.480 e. The van der Waals surface area contributed by atoms with Crippen LogP contribution in [0.1, 0.15) is 13.3 Å². The van der Waals surface area contributed by atoms with Crippen molar-refractivity contribution in [2.24, 2.45) is 11.5 Å². The predicted molar refractivity (Wildman–Crippen MR) is 72.8 cm³/mol. The fraction of sp³-hybridized carbons (Fsp3) is 0.600. The first-order valence-corrected chi connectivity index (χ1v) is 6.30. The normalized spacial score (nSPS) is 14.8. The molecular formula is C10H18N4O5S. The van der Waals surface area contributed by atoms with Crippen LogP contribution in [0.5, 0.6) is 0 Å². The molecule has 0 unspecified atom stereocenters. The smallest absolute Gasteiger partial charge is 0.326 e. The van der Waals surface area contributed by atoms with Crippen molar-refractivity contribution >= 4 is 36.3 Å². The number of carbonyl (C=O) groups is 4. The molecule has 0 aliphatic heterocycles. The van der Waals surface area contributed by atoms with E-state index in [0.717, 1.165) is 0 Å². The maximum absolute atomic E-state index is 11.7. The number of rotatable bonds is 8.